The number of ether oxygens (including phenoxy) is 1. The highest BCUT2D eigenvalue weighted by molar-refractivity contribution is 6.30. The Morgan fingerprint density at radius 2 is 1.74 bits per heavy atom. The number of nitrogens with one attached hydrogen (secondary N) is 2. The molecule has 1 fully saturated rings. The van der Waals surface area contributed by atoms with Gasteiger partial charge in [0.1, 0.15) is 32.7 Å². The van der Waals surface area contributed by atoms with Crippen LogP contribution in [0.4, 0.5) is 0 Å². The number of hydrogen-bond donors (Lipinski definition) is 2. The molecule has 0 aliphatic carbocycles. The molecule has 4 nitrogen and oxygen atoms in total. The van der Waals surface area contributed by atoms with Crippen molar-refractivity contribution in [3.63, 3.8) is 0 Å². The van der Waals surface area contributed by atoms with E-state index in [2.05, 4.69) is 12.1 Å². The monoisotopic (exact) mass is 284 g/mol. The molecule has 0 spiro atoms. The zero-order valence-corrected chi connectivity index (χ0v) is 12.0. The summed E-state index contributed by atoms with van der Waals surface area (Å²) in [7, 11) is 1.45. The zero-order valence-electron chi connectivity index (χ0n) is 11.2. The summed E-state index contributed by atoms with van der Waals surface area (Å²) in [6.07, 6.45) is 0. The predicted molar refractivity (Wildman–Crippen MR) is 73.4 cm³/mol. The second-order valence-electron chi connectivity index (χ2n) is 5.06. The van der Waals surface area contributed by atoms with Crippen LogP contribution in [0.1, 0.15) is 5.56 Å². The maximum absolute atomic E-state index is 11.2. The fraction of sp³-hybridized carbons (Fsp3) is 0.500. The molecule has 0 atom stereocenters. The number of carbonyl (C=O) groups is 1. The average molecular weight is 285 g/mol. The van der Waals surface area contributed by atoms with Crippen LogP contribution in [0.3, 0.4) is 0 Å². The van der Waals surface area contributed by atoms with Gasteiger partial charge >= 0.3 is 5.97 Å². The number of halogens is 1. The van der Waals surface area contributed by atoms with Gasteiger partial charge in [-0.3, -0.25) is 0 Å². The van der Waals surface area contributed by atoms with Gasteiger partial charge < -0.3 is 14.5 Å². The second kappa shape index (κ2) is 6.89. The van der Waals surface area contributed by atoms with Crippen LogP contribution in [-0.4, -0.2) is 45.8 Å². The summed E-state index contributed by atoms with van der Waals surface area (Å²) in [6, 6.07) is 8.05. The maximum atomic E-state index is 11.2. The summed E-state index contributed by atoms with van der Waals surface area (Å²) >= 11 is 5.88. The number of piperazine rings is 1. The lowest BCUT2D eigenvalue weighted by Crippen LogP contribution is -3.27. The molecule has 1 aliphatic heterocycles. The first-order chi connectivity index (χ1) is 9.17. The molecule has 0 aromatic heterocycles. The lowest BCUT2D eigenvalue weighted by atomic mass is 10.2. The van der Waals surface area contributed by atoms with Crippen LogP contribution in [0.15, 0.2) is 24.3 Å². The maximum Gasteiger partial charge on any atom is 0.361 e. The second-order valence-corrected chi connectivity index (χ2v) is 5.49. The fourth-order valence-corrected chi connectivity index (χ4v) is 2.60. The molecular weight excluding hydrogens is 264 g/mol. The Labute approximate surface area is 118 Å². The molecule has 19 heavy (non-hydrogen) atoms. The van der Waals surface area contributed by atoms with E-state index in [0.717, 1.165) is 37.7 Å². The molecule has 0 saturated carbocycles. The van der Waals surface area contributed by atoms with Gasteiger partial charge in [0.05, 0.1) is 7.11 Å². The van der Waals surface area contributed by atoms with Crippen molar-refractivity contribution in [1.29, 1.82) is 0 Å². The SMILES string of the molecule is COC(=O)C[NH+]1CC[NH+](Cc2ccc(Cl)cc2)CC1. The number of rotatable bonds is 4. The molecule has 2 N–H and O–H groups in total. The van der Waals surface area contributed by atoms with E-state index in [1.807, 2.05) is 12.1 Å². The van der Waals surface area contributed by atoms with Crippen LogP contribution in [-0.2, 0) is 16.1 Å². The van der Waals surface area contributed by atoms with Crippen LogP contribution < -0.4 is 9.80 Å². The summed E-state index contributed by atoms with van der Waals surface area (Å²) in [6.45, 7) is 5.76. The van der Waals surface area contributed by atoms with Crippen molar-refractivity contribution < 1.29 is 19.3 Å². The van der Waals surface area contributed by atoms with E-state index in [9.17, 15) is 4.79 Å². The molecule has 1 heterocycles. The number of carbonyl (C=O) groups excluding carboxylic acids is 1. The van der Waals surface area contributed by atoms with E-state index < -0.39 is 0 Å². The van der Waals surface area contributed by atoms with Gasteiger partial charge in [0, 0.05) is 10.6 Å². The molecule has 104 valence electrons. The van der Waals surface area contributed by atoms with Crippen molar-refractivity contribution in [3.8, 4) is 0 Å². The van der Waals surface area contributed by atoms with E-state index >= 15 is 0 Å². The molecule has 0 bridgehead atoms. The molecule has 1 aliphatic rings. The summed E-state index contributed by atoms with van der Waals surface area (Å²) in [4.78, 5) is 14.1. The van der Waals surface area contributed by atoms with E-state index in [1.54, 1.807) is 4.90 Å². The molecule has 0 radical (unpaired) electrons. The first-order valence-corrected chi connectivity index (χ1v) is 7.03. The van der Waals surface area contributed by atoms with E-state index in [-0.39, 0.29) is 5.97 Å². The van der Waals surface area contributed by atoms with Crippen molar-refractivity contribution in [2.45, 2.75) is 6.54 Å². The van der Waals surface area contributed by atoms with E-state index in [0.29, 0.717) is 6.54 Å². The Hall–Kier alpha value is -1.10. The Morgan fingerprint density at radius 3 is 2.32 bits per heavy atom. The summed E-state index contributed by atoms with van der Waals surface area (Å²) in [5.41, 5.74) is 1.32. The lowest BCUT2D eigenvalue weighted by Gasteiger charge is -2.29. The largest absolute Gasteiger partial charge is 0.465 e. The van der Waals surface area contributed by atoms with Gasteiger partial charge in [0.2, 0.25) is 0 Å². The van der Waals surface area contributed by atoms with Gasteiger partial charge in [0.25, 0.3) is 0 Å². The van der Waals surface area contributed by atoms with E-state index in [4.69, 9.17) is 16.3 Å². The molecule has 1 aromatic carbocycles. The normalized spacial score (nSPS) is 23.1. The van der Waals surface area contributed by atoms with Crippen molar-refractivity contribution >= 4 is 17.6 Å². The molecule has 2 rings (SSSR count). The Morgan fingerprint density at radius 1 is 1.16 bits per heavy atom. The first kappa shape index (κ1) is 14.3. The van der Waals surface area contributed by atoms with E-state index in [1.165, 1.54) is 17.6 Å². The third-order valence-electron chi connectivity index (χ3n) is 3.65. The highest BCUT2D eigenvalue weighted by Crippen LogP contribution is 2.08. The van der Waals surface area contributed by atoms with Crippen LogP contribution in [0.5, 0.6) is 0 Å². The Balaban J connectivity index is 1.77. The molecule has 0 unspecified atom stereocenters. The van der Waals surface area contributed by atoms with Gasteiger partial charge in [-0.15, -0.1) is 0 Å². The molecule has 1 aromatic rings. The fourth-order valence-electron chi connectivity index (χ4n) is 2.48. The summed E-state index contributed by atoms with van der Waals surface area (Å²) in [5, 5.41) is 0.783. The standard InChI is InChI=1S/C14H19ClN2O2/c1-19-14(18)11-17-8-6-16(7-9-17)10-12-2-4-13(15)5-3-12/h2-5H,6-11H2,1H3/p+2. The third kappa shape index (κ3) is 4.49. The van der Waals surface area contributed by atoms with Gasteiger partial charge in [-0.1, -0.05) is 23.7 Å². The van der Waals surface area contributed by atoms with Crippen LogP contribution in [0.2, 0.25) is 5.02 Å². The zero-order chi connectivity index (χ0) is 13.7. The topological polar surface area (TPSA) is 35.2 Å². The number of hydrogen-bond acceptors (Lipinski definition) is 2. The summed E-state index contributed by atoms with van der Waals surface area (Å²) < 4.78 is 4.71. The van der Waals surface area contributed by atoms with Crippen LogP contribution >= 0.6 is 11.6 Å². The van der Waals surface area contributed by atoms with Gasteiger partial charge in [-0.05, 0) is 12.1 Å². The molecule has 1 saturated heterocycles. The van der Waals surface area contributed by atoms with Crippen molar-refractivity contribution in [1.82, 2.24) is 0 Å². The average Bonchev–Trinajstić information content (AvgIpc) is 2.43. The minimum Gasteiger partial charge on any atom is -0.465 e. The number of esters is 1. The number of benzene rings is 1. The highest BCUT2D eigenvalue weighted by Gasteiger charge is 2.24. The third-order valence-corrected chi connectivity index (χ3v) is 3.91. The minimum atomic E-state index is -0.115. The highest BCUT2D eigenvalue weighted by atomic mass is 35.5. The quantitative estimate of drug-likeness (QED) is 0.681. The summed E-state index contributed by atoms with van der Waals surface area (Å²) in [5.74, 6) is -0.115. The Kier molecular flexibility index (Phi) is 5.19. The van der Waals surface area contributed by atoms with Gasteiger partial charge in [-0.2, -0.15) is 0 Å². The predicted octanol–water partition coefficient (Wildman–Crippen LogP) is -1.20. The van der Waals surface area contributed by atoms with Crippen molar-refractivity contribution in [3.05, 3.63) is 34.9 Å². The lowest BCUT2D eigenvalue weighted by molar-refractivity contribution is -1.02. The molecule has 0 amide bonds. The van der Waals surface area contributed by atoms with Gasteiger partial charge in [-0.25, -0.2) is 4.79 Å². The Bertz CT molecular complexity index is 414. The van der Waals surface area contributed by atoms with Gasteiger partial charge in [0.15, 0.2) is 6.54 Å². The van der Waals surface area contributed by atoms with Crippen LogP contribution in [0, 0.1) is 0 Å². The smallest absolute Gasteiger partial charge is 0.361 e. The van der Waals surface area contributed by atoms with Crippen molar-refractivity contribution in [2.75, 3.05) is 39.8 Å². The first-order valence-electron chi connectivity index (χ1n) is 6.66. The molecular formula is C14H21ClN2O2+2. The molecule has 5 heteroatoms. The number of methoxy groups -OCH3 is 1. The number of quaternary nitrogens is 2. The minimum absolute atomic E-state index is 0.115. The van der Waals surface area contributed by atoms with Crippen LogP contribution in [0.25, 0.3) is 0 Å². The van der Waals surface area contributed by atoms with Crippen molar-refractivity contribution in [2.24, 2.45) is 0 Å².